The number of ether oxygens (including phenoxy) is 1. The molecule has 1 aromatic carbocycles. The minimum absolute atomic E-state index is 0.362. The summed E-state index contributed by atoms with van der Waals surface area (Å²) in [6.45, 7) is 5.75. The normalized spacial score (nSPS) is 10.5. The second kappa shape index (κ2) is 6.63. The van der Waals surface area contributed by atoms with Crippen LogP contribution in [0.5, 0.6) is 11.8 Å². The highest BCUT2D eigenvalue weighted by Gasteiger charge is 2.04. The monoisotopic (exact) mass is 321 g/mol. The van der Waals surface area contributed by atoms with Crippen molar-refractivity contribution >= 4 is 15.9 Å². The van der Waals surface area contributed by atoms with E-state index in [0.717, 1.165) is 34.4 Å². The lowest BCUT2D eigenvalue weighted by Crippen LogP contribution is -2.12. The van der Waals surface area contributed by atoms with E-state index in [9.17, 15) is 0 Å². The van der Waals surface area contributed by atoms with Gasteiger partial charge >= 0.3 is 6.01 Å². The third-order valence-corrected chi connectivity index (χ3v) is 3.11. The molecule has 0 bridgehead atoms. The van der Waals surface area contributed by atoms with E-state index in [2.05, 4.69) is 38.1 Å². The fourth-order valence-corrected chi connectivity index (χ4v) is 1.88. The van der Waals surface area contributed by atoms with Crippen LogP contribution in [0.15, 0.2) is 35.1 Å². The molecule has 1 N–H and O–H groups in total. The van der Waals surface area contributed by atoms with Crippen LogP contribution in [0.2, 0.25) is 0 Å². The molecule has 2 rings (SSSR count). The highest BCUT2D eigenvalue weighted by atomic mass is 79.9. The Kier molecular flexibility index (Phi) is 4.87. The lowest BCUT2D eigenvalue weighted by molar-refractivity contribution is 0.437. The van der Waals surface area contributed by atoms with E-state index in [0.29, 0.717) is 6.01 Å². The smallest absolute Gasteiger partial charge is 0.321 e. The van der Waals surface area contributed by atoms with Crippen molar-refractivity contribution in [3.63, 3.8) is 0 Å². The first-order valence-corrected chi connectivity index (χ1v) is 6.94. The Morgan fingerprint density at radius 3 is 2.68 bits per heavy atom. The van der Waals surface area contributed by atoms with Gasteiger partial charge in [0.15, 0.2) is 0 Å². The minimum Gasteiger partial charge on any atom is -0.424 e. The third kappa shape index (κ3) is 4.01. The molecule has 0 amide bonds. The molecule has 1 aromatic heterocycles. The van der Waals surface area contributed by atoms with Gasteiger partial charge in [-0.1, -0.05) is 28.9 Å². The first-order valence-electron chi connectivity index (χ1n) is 6.14. The average molecular weight is 322 g/mol. The molecule has 1 heterocycles. The quantitative estimate of drug-likeness (QED) is 0.916. The predicted octanol–water partition coefficient (Wildman–Crippen LogP) is 3.45. The van der Waals surface area contributed by atoms with Gasteiger partial charge in [0.25, 0.3) is 0 Å². The van der Waals surface area contributed by atoms with Crippen molar-refractivity contribution in [2.75, 3.05) is 6.54 Å². The molecule has 4 nitrogen and oxygen atoms in total. The molecular formula is C14H16BrN3O. The maximum Gasteiger partial charge on any atom is 0.321 e. The Balaban J connectivity index is 2.08. The lowest BCUT2D eigenvalue weighted by atomic mass is 10.2. The van der Waals surface area contributed by atoms with Gasteiger partial charge in [-0.3, -0.25) is 0 Å². The summed E-state index contributed by atoms with van der Waals surface area (Å²) < 4.78 is 6.65. The van der Waals surface area contributed by atoms with Crippen molar-refractivity contribution in [1.82, 2.24) is 15.3 Å². The summed E-state index contributed by atoms with van der Waals surface area (Å²) in [7, 11) is 0. The molecule has 19 heavy (non-hydrogen) atoms. The van der Waals surface area contributed by atoms with E-state index in [1.165, 1.54) is 0 Å². The number of aromatic nitrogens is 2. The van der Waals surface area contributed by atoms with Crippen LogP contribution in [-0.2, 0) is 6.54 Å². The van der Waals surface area contributed by atoms with Gasteiger partial charge in [-0.2, -0.15) is 0 Å². The van der Waals surface area contributed by atoms with Crippen LogP contribution in [-0.4, -0.2) is 16.5 Å². The summed E-state index contributed by atoms with van der Waals surface area (Å²) in [4.78, 5) is 8.42. The summed E-state index contributed by atoms with van der Waals surface area (Å²) in [5.41, 5.74) is 2.09. The average Bonchev–Trinajstić information content (AvgIpc) is 2.42. The molecule has 0 aliphatic heterocycles. The van der Waals surface area contributed by atoms with Crippen LogP contribution < -0.4 is 10.1 Å². The number of rotatable bonds is 5. The molecule has 5 heteroatoms. The molecule has 0 spiro atoms. The van der Waals surface area contributed by atoms with Crippen molar-refractivity contribution in [3.05, 3.63) is 46.2 Å². The van der Waals surface area contributed by atoms with E-state index < -0.39 is 0 Å². The summed E-state index contributed by atoms with van der Waals surface area (Å²) in [5, 5.41) is 3.22. The molecule has 0 saturated heterocycles. The number of hydrogen-bond acceptors (Lipinski definition) is 4. The summed E-state index contributed by atoms with van der Waals surface area (Å²) in [6.07, 6.45) is 3.55. The Morgan fingerprint density at radius 1 is 1.26 bits per heavy atom. The number of hydrogen-bond donors (Lipinski definition) is 1. The molecule has 0 radical (unpaired) electrons. The molecule has 0 atom stereocenters. The molecule has 0 fully saturated rings. The highest BCUT2D eigenvalue weighted by Crippen LogP contribution is 2.26. The van der Waals surface area contributed by atoms with Crippen LogP contribution in [0.1, 0.15) is 18.1 Å². The second-order valence-corrected chi connectivity index (χ2v) is 5.08. The summed E-state index contributed by atoms with van der Waals surface area (Å²) in [6, 6.07) is 6.23. The summed E-state index contributed by atoms with van der Waals surface area (Å²) >= 11 is 3.42. The van der Waals surface area contributed by atoms with Gasteiger partial charge in [-0.25, -0.2) is 9.97 Å². The Hall–Kier alpha value is -1.46. The van der Waals surface area contributed by atoms with Crippen LogP contribution >= 0.6 is 15.9 Å². The van der Waals surface area contributed by atoms with Gasteiger partial charge in [0.2, 0.25) is 0 Å². The van der Waals surface area contributed by atoms with Gasteiger partial charge in [0, 0.05) is 29.0 Å². The zero-order valence-corrected chi connectivity index (χ0v) is 12.6. The maximum absolute atomic E-state index is 5.68. The summed E-state index contributed by atoms with van der Waals surface area (Å²) in [5.74, 6) is 0.758. The minimum atomic E-state index is 0.362. The van der Waals surface area contributed by atoms with Crippen LogP contribution in [0.3, 0.4) is 0 Å². The Bertz CT molecular complexity index is 543. The topological polar surface area (TPSA) is 47.0 Å². The molecule has 0 aliphatic carbocycles. The van der Waals surface area contributed by atoms with Gasteiger partial charge in [0.1, 0.15) is 5.75 Å². The molecule has 100 valence electrons. The Labute approximate surface area is 121 Å². The van der Waals surface area contributed by atoms with Crippen molar-refractivity contribution in [3.8, 4) is 11.8 Å². The number of halogens is 1. The number of nitrogens with zero attached hydrogens (tertiary/aromatic N) is 2. The number of nitrogens with one attached hydrogen (secondary N) is 1. The highest BCUT2D eigenvalue weighted by molar-refractivity contribution is 9.10. The van der Waals surface area contributed by atoms with Gasteiger partial charge in [0.05, 0.1) is 0 Å². The van der Waals surface area contributed by atoms with Gasteiger partial charge in [-0.15, -0.1) is 0 Å². The molecule has 0 unspecified atom stereocenters. The standard InChI is InChI=1S/C14H16BrN3O/c1-3-16-7-11-8-17-14(18-9-11)19-13-6-12(15)5-4-10(13)2/h4-6,8-9,16H,3,7H2,1-2H3. The maximum atomic E-state index is 5.68. The van der Waals surface area contributed by atoms with Crippen LogP contribution in [0.4, 0.5) is 0 Å². The molecule has 2 aromatic rings. The van der Waals surface area contributed by atoms with Gasteiger partial charge in [-0.05, 0) is 31.2 Å². The van der Waals surface area contributed by atoms with E-state index in [-0.39, 0.29) is 0 Å². The SMILES string of the molecule is CCNCc1cnc(Oc2cc(Br)ccc2C)nc1. The third-order valence-electron chi connectivity index (χ3n) is 2.61. The fraction of sp³-hybridized carbons (Fsp3) is 0.286. The van der Waals surface area contributed by atoms with Crippen LogP contribution in [0.25, 0.3) is 0 Å². The van der Waals surface area contributed by atoms with Crippen molar-refractivity contribution in [2.24, 2.45) is 0 Å². The van der Waals surface area contributed by atoms with E-state index in [1.807, 2.05) is 25.1 Å². The van der Waals surface area contributed by atoms with E-state index in [4.69, 9.17) is 4.74 Å². The van der Waals surface area contributed by atoms with E-state index in [1.54, 1.807) is 12.4 Å². The number of benzene rings is 1. The van der Waals surface area contributed by atoms with Crippen molar-refractivity contribution in [1.29, 1.82) is 0 Å². The largest absolute Gasteiger partial charge is 0.424 e. The first kappa shape index (κ1) is 14.0. The van der Waals surface area contributed by atoms with E-state index >= 15 is 0 Å². The number of aryl methyl sites for hydroxylation is 1. The molecule has 0 aliphatic rings. The van der Waals surface area contributed by atoms with Crippen molar-refractivity contribution < 1.29 is 4.74 Å². The van der Waals surface area contributed by atoms with Gasteiger partial charge < -0.3 is 10.1 Å². The molecule has 0 saturated carbocycles. The lowest BCUT2D eigenvalue weighted by Gasteiger charge is -2.08. The second-order valence-electron chi connectivity index (χ2n) is 4.17. The first-order chi connectivity index (χ1) is 9.19. The zero-order valence-electron chi connectivity index (χ0n) is 11.0. The zero-order chi connectivity index (χ0) is 13.7. The van der Waals surface area contributed by atoms with Crippen LogP contribution in [0, 0.1) is 6.92 Å². The molecular weight excluding hydrogens is 306 g/mol. The predicted molar refractivity (Wildman–Crippen MR) is 78.4 cm³/mol. The Morgan fingerprint density at radius 2 is 2.00 bits per heavy atom. The van der Waals surface area contributed by atoms with Crippen molar-refractivity contribution in [2.45, 2.75) is 20.4 Å². The fourth-order valence-electron chi connectivity index (χ4n) is 1.54.